The summed E-state index contributed by atoms with van der Waals surface area (Å²) in [5, 5.41) is 0.418. The van der Waals surface area contributed by atoms with Crippen molar-refractivity contribution in [3.63, 3.8) is 0 Å². The molecule has 8 heteroatoms. The number of methoxy groups -OCH3 is 3. The summed E-state index contributed by atoms with van der Waals surface area (Å²) in [4.78, 5) is 33.7. The number of carbonyl (C=O) groups is 1. The van der Waals surface area contributed by atoms with Crippen LogP contribution in [0.1, 0.15) is 44.4 Å². The minimum Gasteiger partial charge on any atom is -0.493 e. The molecule has 4 aromatic rings. The Morgan fingerprint density at radius 2 is 1.56 bits per heavy atom. The van der Waals surface area contributed by atoms with Crippen LogP contribution in [0.25, 0.3) is 11.0 Å². The summed E-state index contributed by atoms with van der Waals surface area (Å²) < 4.78 is 22.7. The molecule has 36 heavy (non-hydrogen) atoms. The maximum absolute atomic E-state index is 13.9. The number of anilines is 1. The molecule has 2 aromatic heterocycles. The van der Waals surface area contributed by atoms with Gasteiger partial charge >= 0.3 is 0 Å². The van der Waals surface area contributed by atoms with Crippen LogP contribution in [-0.4, -0.2) is 32.2 Å². The van der Waals surface area contributed by atoms with E-state index in [1.807, 2.05) is 26.8 Å². The van der Waals surface area contributed by atoms with E-state index in [1.54, 1.807) is 36.5 Å². The Morgan fingerprint density at radius 3 is 2.17 bits per heavy atom. The molecule has 5 rings (SSSR count). The third kappa shape index (κ3) is 3.48. The summed E-state index contributed by atoms with van der Waals surface area (Å²) in [7, 11) is 4.55. The van der Waals surface area contributed by atoms with E-state index in [-0.39, 0.29) is 16.8 Å². The minimum atomic E-state index is -0.822. The normalized spacial score (nSPS) is 14.8. The molecule has 0 saturated heterocycles. The number of aryl methyl sites for hydroxylation is 3. The first kappa shape index (κ1) is 23.4. The van der Waals surface area contributed by atoms with E-state index in [4.69, 9.17) is 18.6 Å². The lowest BCUT2D eigenvalue weighted by Crippen LogP contribution is -2.30. The average Bonchev–Trinajstić information content (AvgIpc) is 3.16. The van der Waals surface area contributed by atoms with Crippen LogP contribution in [0.5, 0.6) is 17.2 Å². The number of hydrogen-bond donors (Lipinski definition) is 0. The molecule has 0 fully saturated rings. The molecule has 2 aromatic carbocycles. The monoisotopic (exact) mass is 486 g/mol. The molecule has 3 heterocycles. The van der Waals surface area contributed by atoms with Gasteiger partial charge in [0.05, 0.1) is 38.3 Å². The lowest BCUT2D eigenvalue weighted by Gasteiger charge is -2.25. The van der Waals surface area contributed by atoms with Crippen molar-refractivity contribution in [2.75, 3.05) is 26.2 Å². The lowest BCUT2D eigenvalue weighted by atomic mass is 9.96. The molecule has 0 bridgehead atoms. The first-order valence-corrected chi connectivity index (χ1v) is 11.4. The van der Waals surface area contributed by atoms with Gasteiger partial charge in [0.2, 0.25) is 11.5 Å². The Bertz CT molecular complexity index is 1560. The summed E-state index contributed by atoms with van der Waals surface area (Å²) in [5.41, 5.74) is 3.79. The fourth-order valence-electron chi connectivity index (χ4n) is 4.69. The highest BCUT2D eigenvalue weighted by Gasteiger charge is 2.45. The fourth-order valence-corrected chi connectivity index (χ4v) is 4.69. The van der Waals surface area contributed by atoms with Crippen LogP contribution in [0.3, 0.4) is 0 Å². The van der Waals surface area contributed by atoms with E-state index in [0.717, 1.165) is 16.7 Å². The van der Waals surface area contributed by atoms with Crippen LogP contribution in [0, 0.1) is 20.8 Å². The molecule has 1 unspecified atom stereocenters. The zero-order valence-electron chi connectivity index (χ0n) is 21.0. The standard InChI is InChI=1S/C28H26N2O6/c1-14-7-8-29-22(9-14)30-24(17-12-20(33-4)26(35-6)21(13-17)34-5)23-25(31)18-10-15(2)16(3)11-19(18)36-27(23)28(30)32/h7-13,24H,1-6H3. The molecule has 1 aliphatic rings. The quantitative estimate of drug-likeness (QED) is 0.397. The van der Waals surface area contributed by atoms with Crippen LogP contribution in [0.15, 0.2) is 51.8 Å². The van der Waals surface area contributed by atoms with E-state index in [2.05, 4.69) is 4.98 Å². The molecule has 0 spiro atoms. The molecular formula is C28H26N2O6. The zero-order valence-corrected chi connectivity index (χ0v) is 21.0. The number of carbonyl (C=O) groups excluding carboxylic acids is 1. The van der Waals surface area contributed by atoms with Crippen molar-refractivity contribution in [2.45, 2.75) is 26.8 Å². The topological polar surface area (TPSA) is 91.1 Å². The van der Waals surface area contributed by atoms with Crippen molar-refractivity contribution in [3.8, 4) is 17.2 Å². The second kappa shape index (κ2) is 8.71. The van der Waals surface area contributed by atoms with E-state index in [1.165, 1.54) is 26.2 Å². The largest absolute Gasteiger partial charge is 0.493 e. The lowest BCUT2D eigenvalue weighted by molar-refractivity contribution is 0.0970. The number of nitrogens with zero attached hydrogens (tertiary/aromatic N) is 2. The van der Waals surface area contributed by atoms with Crippen molar-refractivity contribution in [3.05, 3.63) is 86.4 Å². The van der Waals surface area contributed by atoms with E-state index in [9.17, 15) is 9.59 Å². The van der Waals surface area contributed by atoms with Gasteiger partial charge in [-0.15, -0.1) is 0 Å². The van der Waals surface area contributed by atoms with Gasteiger partial charge in [0.1, 0.15) is 11.4 Å². The minimum absolute atomic E-state index is 0.00203. The molecule has 1 amide bonds. The van der Waals surface area contributed by atoms with E-state index >= 15 is 0 Å². The maximum Gasteiger partial charge on any atom is 0.296 e. The van der Waals surface area contributed by atoms with Gasteiger partial charge in [-0.1, -0.05) is 0 Å². The molecule has 184 valence electrons. The van der Waals surface area contributed by atoms with Gasteiger partial charge in [-0.3, -0.25) is 14.5 Å². The number of ether oxygens (including phenoxy) is 3. The van der Waals surface area contributed by atoms with Crippen LogP contribution in [0.2, 0.25) is 0 Å². The summed E-state index contributed by atoms with van der Waals surface area (Å²) in [6.07, 6.45) is 1.63. The third-order valence-corrected chi connectivity index (χ3v) is 6.64. The van der Waals surface area contributed by atoms with E-state index < -0.39 is 11.9 Å². The van der Waals surface area contributed by atoms with Crippen molar-refractivity contribution >= 4 is 22.7 Å². The number of pyridine rings is 1. The highest BCUT2D eigenvalue weighted by atomic mass is 16.5. The summed E-state index contributed by atoms with van der Waals surface area (Å²) >= 11 is 0. The molecule has 0 radical (unpaired) electrons. The summed E-state index contributed by atoms with van der Waals surface area (Å²) in [6.45, 7) is 5.79. The van der Waals surface area contributed by atoms with Crippen LogP contribution in [-0.2, 0) is 0 Å². The number of fused-ring (bicyclic) bond motifs is 2. The number of rotatable bonds is 5. The molecule has 8 nitrogen and oxygen atoms in total. The first-order chi connectivity index (χ1) is 17.3. The number of amides is 1. The molecule has 0 aliphatic carbocycles. The molecule has 0 saturated carbocycles. The second-order valence-electron chi connectivity index (χ2n) is 8.83. The smallest absolute Gasteiger partial charge is 0.296 e. The van der Waals surface area contributed by atoms with Crippen molar-refractivity contribution in [1.29, 1.82) is 0 Å². The van der Waals surface area contributed by atoms with Crippen molar-refractivity contribution in [2.24, 2.45) is 0 Å². The Hall–Kier alpha value is -4.33. The molecule has 1 aliphatic heterocycles. The summed E-state index contributed by atoms with van der Waals surface area (Å²) in [6, 6.07) is 9.89. The predicted octanol–water partition coefficient (Wildman–Crippen LogP) is 4.89. The highest BCUT2D eigenvalue weighted by Crippen LogP contribution is 2.46. The average molecular weight is 487 g/mol. The number of hydrogen-bond acceptors (Lipinski definition) is 7. The Balaban J connectivity index is 1.86. The van der Waals surface area contributed by atoms with Gasteiger partial charge in [-0.05, 0) is 79.4 Å². The first-order valence-electron chi connectivity index (χ1n) is 11.4. The van der Waals surface area contributed by atoms with Crippen LogP contribution < -0.4 is 24.5 Å². The maximum atomic E-state index is 13.9. The van der Waals surface area contributed by atoms with Gasteiger partial charge < -0.3 is 18.6 Å². The van der Waals surface area contributed by atoms with Crippen molar-refractivity contribution < 1.29 is 23.4 Å². The van der Waals surface area contributed by atoms with Gasteiger partial charge in [-0.2, -0.15) is 0 Å². The highest BCUT2D eigenvalue weighted by molar-refractivity contribution is 6.10. The Labute approximate surface area is 208 Å². The predicted molar refractivity (Wildman–Crippen MR) is 136 cm³/mol. The molecule has 0 N–H and O–H groups in total. The molecular weight excluding hydrogens is 460 g/mol. The third-order valence-electron chi connectivity index (χ3n) is 6.64. The fraction of sp³-hybridized carbons (Fsp3) is 0.250. The van der Waals surface area contributed by atoms with Gasteiger partial charge in [0, 0.05) is 6.20 Å². The zero-order chi connectivity index (χ0) is 25.7. The Morgan fingerprint density at radius 1 is 0.889 bits per heavy atom. The SMILES string of the molecule is COc1cc(C2c3c(oc4cc(C)c(C)cc4c3=O)C(=O)N2c2cc(C)ccn2)cc(OC)c1OC. The van der Waals surface area contributed by atoms with Gasteiger partial charge in [0.15, 0.2) is 16.9 Å². The van der Waals surface area contributed by atoms with Gasteiger partial charge in [0.25, 0.3) is 5.91 Å². The molecule has 1 atom stereocenters. The second-order valence-corrected chi connectivity index (χ2v) is 8.83. The number of benzene rings is 2. The number of aromatic nitrogens is 1. The summed E-state index contributed by atoms with van der Waals surface area (Å²) in [5.74, 6) is 1.17. The van der Waals surface area contributed by atoms with Crippen molar-refractivity contribution in [1.82, 2.24) is 4.98 Å². The van der Waals surface area contributed by atoms with E-state index in [0.29, 0.717) is 39.6 Å². The van der Waals surface area contributed by atoms with Crippen LogP contribution >= 0.6 is 0 Å². The Kier molecular flexibility index (Phi) is 5.67. The van der Waals surface area contributed by atoms with Gasteiger partial charge in [-0.25, -0.2) is 4.98 Å². The van der Waals surface area contributed by atoms with Crippen LogP contribution in [0.4, 0.5) is 5.82 Å².